The summed E-state index contributed by atoms with van der Waals surface area (Å²) < 4.78 is 34.0. The van der Waals surface area contributed by atoms with E-state index in [1.165, 1.54) is 24.3 Å². The van der Waals surface area contributed by atoms with E-state index in [4.69, 9.17) is 4.74 Å². The molecular weight excluding hydrogens is 538 g/mol. The highest BCUT2D eigenvalue weighted by molar-refractivity contribution is 9.10. The van der Waals surface area contributed by atoms with Crippen LogP contribution in [0.2, 0.25) is 0 Å². The topological polar surface area (TPSA) is 97.4 Å². The maximum absolute atomic E-state index is 12.6. The Morgan fingerprint density at radius 3 is 2.44 bits per heavy atom. The van der Waals surface area contributed by atoms with Gasteiger partial charge in [0.25, 0.3) is 15.9 Å². The maximum Gasteiger partial charge on any atom is 0.262 e. The molecule has 0 saturated carbocycles. The predicted octanol–water partition coefficient (Wildman–Crippen LogP) is 5.70. The molecule has 0 spiro atoms. The molecule has 10 heteroatoms. The molecular formula is C24H20BrN3O4S2. The number of hydrogen-bond acceptors (Lipinski definition) is 6. The molecule has 0 atom stereocenters. The molecule has 0 bridgehead atoms. The molecule has 0 unspecified atom stereocenters. The number of nitrogens with one attached hydrogen (secondary N) is 2. The van der Waals surface area contributed by atoms with Crippen LogP contribution < -0.4 is 14.8 Å². The van der Waals surface area contributed by atoms with E-state index in [2.05, 4.69) is 31.0 Å². The fraction of sp³-hybridized carbons (Fsp3) is 0.0833. The highest BCUT2D eigenvalue weighted by Crippen LogP contribution is 2.24. The van der Waals surface area contributed by atoms with Crippen molar-refractivity contribution in [2.45, 2.75) is 11.8 Å². The van der Waals surface area contributed by atoms with E-state index >= 15 is 0 Å². The number of benzene rings is 3. The van der Waals surface area contributed by atoms with Crippen molar-refractivity contribution in [1.82, 2.24) is 4.98 Å². The third-order valence-corrected chi connectivity index (χ3v) is 7.36. The Kier molecular flexibility index (Phi) is 7.30. The zero-order chi connectivity index (χ0) is 24.1. The Morgan fingerprint density at radius 1 is 1.03 bits per heavy atom. The molecule has 0 aliphatic rings. The second-order valence-electron chi connectivity index (χ2n) is 7.25. The molecule has 1 heterocycles. The van der Waals surface area contributed by atoms with Gasteiger partial charge in [0.2, 0.25) is 0 Å². The van der Waals surface area contributed by atoms with E-state index in [1.807, 2.05) is 30.5 Å². The van der Waals surface area contributed by atoms with Crippen LogP contribution in [0, 0.1) is 6.92 Å². The molecule has 174 valence electrons. The SMILES string of the molecule is Cc1nc(-c2cccc(NC(=O)COc3ccc(S(=O)(=O)Nc4ccc(Br)cc4)cc3)c2)cs1. The van der Waals surface area contributed by atoms with Gasteiger partial charge in [-0.15, -0.1) is 11.3 Å². The second kappa shape index (κ2) is 10.4. The average molecular weight is 558 g/mol. The first-order chi connectivity index (χ1) is 16.3. The van der Waals surface area contributed by atoms with Gasteiger partial charge in [0.05, 0.1) is 15.6 Å². The standard InChI is InChI=1S/C24H20BrN3O4S2/c1-16-26-23(15-33-16)17-3-2-4-20(13-17)27-24(29)14-32-21-9-11-22(12-10-21)34(30,31)28-19-7-5-18(25)6-8-19/h2-13,15,28H,14H2,1H3,(H,27,29). The van der Waals surface area contributed by atoms with Gasteiger partial charge in [-0.3, -0.25) is 9.52 Å². The smallest absolute Gasteiger partial charge is 0.262 e. The number of ether oxygens (including phenoxy) is 1. The molecule has 1 amide bonds. The number of hydrogen-bond donors (Lipinski definition) is 2. The second-order valence-corrected chi connectivity index (χ2v) is 10.9. The molecule has 0 saturated heterocycles. The normalized spacial score (nSPS) is 11.1. The largest absolute Gasteiger partial charge is 0.484 e. The number of carbonyl (C=O) groups is 1. The third-order valence-electron chi connectivity index (χ3n) is 4.66. The summed E-state index contributed by atoms with van der Waals surface area (Å²) in [6.07, 6.45) is 0. The summed E-state index contributed by atoms with van der Waals surface area (Å²) in [4.78, 5) is 16.9. The van der Waals surface area contributed by atoms with Crippen molar-refractivity contribution < 1.29 is 17.9 Å². The summed E-state index contributed by atoms with van der Waals surface area (Å²) in [6.45, 7) is 1.72. The van der Waals surface area contributed by atoms with Gasteiger partial charge >= 0.3 is 0 Å². The van der Waals surface area contributed by atoms with Crippen molar-refractivity contribution in [3.63, 3.8) is 0 Å². The molecule has 0 aliphatic heterocycles. The number of halogens is 1. The van der Waals surface area contributed by atoms with Crippen LogP contribution in [0.25, 0.3) is 11.3 Å². The van der Waals surface area contributed by atoms with Gasteiger partial charge in [-0.05, 0) is 67.6 Å². The first-order valence-electron chi connectivity index (χ1n) is 10.1. The number of thiazole rings is 1. The molecule has 3 aromatic carbocycles. The van der Waals surface area contributed by atoms with Gasteiger partial charge < -0.3 is 10.1 Å². The number of nitrogens with zero attached hydrogens (tertiary/aromatic N) is 1. The Balaban J connectivity index is 1.33. The minimum Gasteiger partial charge on any atom is -0.484 e. The lowest BCUT2D eigenvalue weighted by molar-refractivity contribution is -0.118. The number of sulfonamides is 1. The maximum atomic E-state index is 12.6. The van der Waals surface area contributed by atoms with Crippen LogP contribution in [0.5, 0.6) is 5.75 Å². The fourth-order valence-corrected chi connectivity index (χ4v) is 4.99. The van der Waals surface area contributed by atoms with Crippen molar-refractivity contribution in [2.24, 2.45) is 0 Å². The molecule has 4 aromatic rings. The first kappa shape index (κ1) is 23.9. The number of rotatable bonds is 8. The summed E-state index contributed by atoms with van der Waals surface area (Å²) in [5.41, 5.74) is 2.86. The van der Waals surface area contributed by atoms with Crippen LogP contribution in [0.15, 0.2) is 87.5 Å². The quantitative estimate of drug-likeness (QED) is 0.289. The average Bonchev–Trinajstić information content (AvgIpc) is 3.26. The van der Waals surface area contributed by atoms with Crippen molar-refractivity contribution >= 4 is 54.6 Å². The van der Waals surface area contributed by atoms with Crippen LogP contribution in [0.1, 0.15) is 5.01 Å². The van der Waals surface area contributed by atoms with E-state index in [9.17, 15) is 13.2 Å². The Bertz CT molecular complexity index is 1400. The van der Waals surface area contributed by atoms with Crippen LogP contribution in [-0.4, -0.2) is 25.9 Å². The highest BCUT2D eigenvalue weighted by Gasteiger charge is 2.14. The molecule has 34 heavy (non-hydrogen) atoms. The Morgan fingerprint density at radius 2 is 1.76 bits per heavy atom. The first-order valence-corrected chi connectivity index (χ1v) is 13.3. The fourth-order valence-electron chi connectivity index (χ4n) is 3.05. The van der Waals surface area contributed by atoms with Gasteiger partial charge in [-0.1, -0.05) is 28.1 Å². The van der Waals surface area contributed by atoms with Gasteiger partial charge in [0.15, 0.2) is 6.61 Å². The van der Waals surface area contributed by atoms with E-state index in [1.54, 1.807) is 41.7 Å². The van der Waals surface area contributed by atoms with Gasteiger partial charge in [-0.2, -0.15) is 0 Å². The minimum absolute atomic E-state index is 0.0845. The van der Waals surface area contributed by atoms with E-state index < -0.39 is 10.0 Å². The monoisotopic (exact) mass is 557 g/mol. The van der Waals surface area contributed by atoms with E-state index in [0.29, 0.717) is 17.1 Å². The van der Waals surface area contributed by atoms with Crippen molar-refractivity contribution in [3.8, 4) is 17.0 Å². The lowest BCUT2D eigenvalue weighted by Crippen LogP contribution is -2.20. The van der Waals surface area contributed by atoms with Crippen molar-refractivity contribution in [3.05, 3.63) is 87.7 Å². The summed E-state index contributed by atoms with van der Waals surface area (Å²) >= 11 is 4.88. The Hall–Kier alpha value is -3.21. The molecule has 7 nitrogen and oxygen atoms in total. The van der Waals surface area contributed by atoms with Crippen LogP contribution in [0.3, 0.4) is 0 Å². The molecule has 2 N–H and O–H groups in total. The Labute approximate surface area is 210 Å². The minimum atomic E-state index is -3.74. The third kappa shape index (κ3) is 6.22. The summed E-state index contributed by atoms with van der Waals surface area (Å²) in [7, 11) is -3.74. The predicted molar refractivity (Wildman–Crippen MR) is 138 cm³/mol. The molecule has 0 aliphatic carbocycles. The molecule has 4 rings (SSSR count). The van der Waals surface area contributed by atoms with Crippen LogP contribution in [-0.2, 0) is 14.8 Å². The lowest BCUT2D eigenvalue weighted by Gasteiger charge is -2.10. The van der Waals surface area contributed by atoms with Gasteiger partial charge in [-0.25, -0.2) is 13.4 Å². The van der Waals surface area contributed by atoms with Crippen LogP contribution >= 0.6 is 27.3 Å². The lowest BCUT2D eigenvalue weighted by atomic mass is 10.1. The summed E-state index contributed by atoms with van der Waals surface area (Å²) in [5.74, 6) is 0.0460. The summed E-state index contributed by atoms with van der Waals surface area (Å²) in [5, 5.41) is 5.74. The number of carbonyl (C=O) groups excluding carboxylic acids is 1. The number of amides is 1. The summed E-state index contributed by atoms with van der Waals surface area (Å²) in [6, 6.07) is 20.1. The van der Waals surface area contributed by atoms with Gasteiger partial charge in [0.1, 0.15) is 5.75 Å². The van der Waals surface area contributed by atoms with Crippen LogP contribution in [0.4, 0.5) is 11.4 Å². The molecule has 0 radical (unpaired) electrons. The van der Waals surface area contributed by atoms with E-state index in [-0.39, 0.29) is 17.4 Å². The zero-order valence-electron chi connectivity index (χ0n) is 18.0. The molecule has 0 fully saturated rings. The number of anilines is 2. The van der Waals surface area contributed by atoms with Crippen molar-refractivity contribution in [1.29, 1.82) is 0 Å². The van der Waals surface area contributed by atoms with Crippen molar-refractivity contribution in [2.75, 3.05) is 16.6 Å². The number of aryl methyl sites for hydroxylation is 1. The number of aromatic nitrogens is 1. The molecule has 1 aromatic heterocycles. The highest BCUT2D eigenvalue weighted by atomic mass is 79.9. The van der Waals surface area contributed by atoms with E-state index in [0.717, 1.165) is 20.7 Å². The van der Waals surface area contributed by atoms with Gasteiger partial charge in [0, 0.05) is 26.8 Å². The zero-order valence-corrected chi connectivity index (χ0v) is 21.2.